The van der Waals surface area contributed by atoms with Gasteiger partial charge in [-0.05, 0) is 50.6 Å². The Morgan fingerprint density at radius 3 is 2.61 bits per heavy atom. The lowest BCUT2D eigenvalue weighted by atomic mass is 10.2. The van der Waals surface area contributed by atoms with Gasteiger partial charge in [0.1, 0.15) is 23.3 Å². The predicted molar refractivity (Wildman–Crippen MR) is 130 cm³/mol. The minimum absolute atomic E-state index is 0.0946. The molecule has 2 aromatic rings. The molecule has 0 aliphatic carbocycles. The molecule has 1 N–H and O–H groups in total. The van der Waals surface area contributed by atoms with E-state index in [1.165, 1.54) is 9.80 Å². The number of fused-ring (bicyclic) bond motifs is 1. The van der Waals surface area contributed by atoms with E-state index in [1.54, 1.807) is 40.0 Å². The summed E-state index contributed by atoms with van der Waals surface area (Å²) in [6.45, 7) is 6.09. The molecule has 1 aromatic carbocycles. The summed E-state index contributed by atoms with van der Waals surface area (Å²) in [6, 6.07) is 10.7. The van der Waals surface area contributed by atoms with Gasteiger partial charge in [0, 0.05) is 13.0 Å². The first-order chi connectivity index (χ1) is 17.1. The second-order valence-electron chi connectivity index (χ2n) is 9.44. The first-order valence-corrected chi connectivity index (χ1v) is 11.6. The highest BCUT2D eigenvalue weighted by Gasteiger charge is 2.35. The molecule has 36 heavy (non-hydrogen) atoms. The van der Waals surface area contributed by atoms with Crippen molar-refractivity contribution in [3.8, 4) is 11.5 Å². The highest BCUT2D eigenvalue weighted by atomic mass is 16.6. The first-order valence-electron chi connectivity index (χ1n) is 11.6. The van der Waals surface area contributed by atoms with Crippen LogP contribution < -0.4 is 24.6 Å². The van der Waals surface area contributed by atoms with Gasteiger partial charge in [0.05, 0.1) is 20.2 Å². The van der Waals surface area contributed by atoms with Crippen LogP contribution in [0, 0.1) is 0 Å². The van der Waals surface area contributed by atoms with Gasteiger partial charge in [-0.25, -0.2) is 14.6 Å². The van der Waals surface area contributed by atoms with Gasteiger partial charge in [0.15, 0.2) is 18.2 Å². The number of benzene rings is 1. The number of pyridine rings is 1. The van der Waals surface area contributed by atoms with Crippen molar-refractivity contribution in [2.75, 3.05) is 36.6 Å². The van der Waals surface area contributed by atoms with E-state index in [1.807, 2.05) is 24.3 Å². The number of ether oxygens (including phenoxy) is 4. The van der Waals surface area contributed by atoms with E-state index in [0.717, 1.165) is 11.3 Å². The summed E-state index contributed by atoms with van der Waals surface area (Å²) in [6.07, 6.45) is -1.09. The number of anilines is 2. The minimum atomic E-state index is -0.592. The number of amides is 3. The van der Waals surface area contributed by atoms with Crippen LogP contribution in [-0.2, 0) is 20.8 Å². The van der Waals surface area contributed by atoms with Crippen LogP contribution in [0.1, 0.15) is 32.8 Å². The predicted octanol–water partition coefficient (Wildman–Crippen LogP) is 3.26. The van der Waals surface area contributed by atoms with Crippen LogP contribution in [0.25, 0.3) is 0 Å². The molecule has 1 unspecified atom stereocenters. The summed E-state index contributed by atoms with van der Waals surface area (Å²) in [5.41, 5.74) is 0.299. The summed E-state index contributed by atoms with van der Waals surface area (Å²) in [7, 11) is 1.59. The fraction of sp³-hybridized carbons (Fsp3) is 0.440. The molecule has 11 nitrogen and oxygen atoms in total. The number of carbonyl (C=O) groups excluding carboxylic acids is 3. The van der Waals surface area contributed by atoms with Crippen LogP contribution >= 0.6 is 0 Å². The monoisotopic (exact) mass is 498 g/mol. The Hall–Kier alpha value is -4.02. The normalized spacial score (nSPS) is 17.3. The van der Waals surface area contributed by atoms with Crippen molar-refractivity contribution in [2.24, 2.45) is 0 Å². The number of methoxy groups -OCH3 is 1. The average molecular weight is 499 g/mol. The first kappa shape index (κ1) is 25.1. The number of nitrogens with one attached hydrogen (secondary N) is 1. The SMILES string of the molecule is COc1ccc(CN2C(=O)COc3ccc(N4CC(CCNC(=O)OC(C)(C)C)OC4=O)nc32)cc1. The Morgan fingerprint density at radius 2 is 1.92 bits per heavy atom. The molecule has 3 amide bonds. The van der Waals surface area contributed by atoms with Crippen molar-refractivity contribution in [3.05, 3.63) is 42.0 Å². The summed E-state index contributed by atoms with van der Waals surface area (Å²) in [4.78, 5) is 44.6. The number of rotatable bonds is 7. The average Bonchev–Trinajstić information content (AvgIpc) is 3.20. The Labute approximate surface area is 209 Å². The van der Waals surface area contributed by atoms with E-state index in [4.69, 9.17) is 18.9 Å². The van der Waals surface area contributed by atoms with Crippen molar-refractivity contribution in [1.82, 2.24) is 10.3 Å². The molecular weight excluding hydrogens is 468 g/mol. The van der Waals surface area contributed by atoms with Crippen LogP contribution in [-0.4, -0.2) is 61.6 Å². The van der Waals surface area contributed by atoms with Gasteiger partial charge in [-0.1, -0.05) is 12.1 Å². The van der Waals surface area contributed by atoms with E-state index in [9.17, 15) is 14.4 Å². The molecule has 1 fully saturated rings. The number of carbonyl (C=O) groups is 3. The third-order valence-corrected chi connectivity index (χ3v) is 5.52. The standard InChI is InChI=1S/C25H30N4O7/c1-25(2,3)36-23(31)26-12-11-18-14-28(24(32)35-18)20-10-9-19-22(27-20)29(21(30)15-34-19)13-16-5-7-17(33-4)8-6-16/h5-10,18H,11-15H2,1-4H3,(H,26,31). The van der Waals surface area contributed by atoms with Gasteiger partial charge < -0.3 is 24.3 Å². The van der Waals surface area contributed by atoms with Gasteiger partial charge in [-0.15, -0.1) is 0 Å². The van der Waals surface area contributed by atoms with Crippen molar-refractivity contribution >= 4 is 29.7 Å². The largest absolute Gasteiger partial charge is 0.497 e. The molecule has 0 radical (unpaired) electrons. The van der Waals surface area contributed by atoms with Crippen LogP contribution in [0.4, 0.5) is 21.2 Å². The van der Waals surface area contributed by atoms with Gasteiger partial charge in [-0.2, -0.15) is 0 Å². The number of nitrogens with zero attached hydrogens (tertiary/aromatic N) is 3. The van der Waals surface area contributed by atoms with E-state index in [0.29, 0.717) is 30.4 Å². The number of alkyl carbamates (subject to hydrolysis) is 1. The summed E-state index contributed by atoms with van der Waals surface area (Å²) < 4.78 is 21.4. The zero-order chi connectivity index (χ0) is 25.9. The Bertz CT molecular complexity index is 1130. The second-order valence-corrected chi connectivity index (χ2v) is 9.44. The summed E-state index contributed by atoms with van der Waals surface area (Å²) in [5, 5.41) is 2.66. The molecule has 0 saturated carbocycles. The molecule has 2 aliphatic heterocycles. The molecule has 1 atom stereocenters. The van der Waals surface area contributed by atoms with Crippen LogP contribution in [0.15, 0.2) is 36.4 Å². The van der Waals surface area contributed by atoms with Crippen LogP contribution in [0.5, 0.6) is 11.5 Å². The van der Waals surface area contributed by atoms with Gasteiger partial charge in [-0.3, -0.25) is 14.6 Å². The highest BCUT2D eigenvalue weighted by molar-refractivity contribution is 5.97. The quantitative estimate of drug-likeness (QED) is 0.618. The highest BCUT2D eigenvalue weighted by Crippen LogP contribution is 2.34. The molecule has 3 heterocycles. The van der Waals surface area contributed by atoms with E-state index in [-0.39, 0.29) is 25.6 Å². The molecule has 192 valence electrons. The number of aromatic nitrogens is 1. The molecule has 4 rings (SSSR count). The lowest BCUT2D eigenvalue weighted by Gasteiger charge is -2.29. The third kappa shape index (κ3) is 5.96. The maximum atomic E-state index is 12.7. The van der Waals surface area contributed by atoms with Crippen molar-refractivity contribution < 1.29 is 33.3 Å². The van der Waals surface area contributed by atoms with Gasteiger partial charge in [0.25, 0.3) is 5.91 Å². The maximum absolute atomic E-state index is 12.7. The summed E-state index contributed by atoms with van der Waals surface area (Å²) >= 11 is 0. The third-order valence-electron chi connectivity index (χ3n) is 5.52. The van der Waals surface area contributed by atoms with Crippen molar-refractivity contribution in [2.45, 2.75) is 45.4 Å². The van der Waals surface area contributed by atoms with Crippen LogP contribution in [0.3, 0.4) is 0 Å². The topological polar surface area (TPSA) is 120 Å². The fourth-order valence-corrected chi connectivity index (χ4v) is 3.80. The number of hydrogen-bond donors (Lipinski definition) is 1. The lowest BCUT2D eigenvalue weighted by molar-refractivity contribution is -0.121. The molecule has 1 saturated heterocycles. The summed E-state index contributed by atoms with van der Waals surface area (Å²) in [5.74, 6) is 1.62. The second kappa shape index (κ2) is 10.3. The number of cyclic esters (lactones) is 1. The van der Waals surface area contributed by atoms with E-state index in [2.05, 4.69) is 10.3 Å². The zero-order valence-corrected chi connectivity index (χ0v) is 20.8. The smallest absolute Gasteiger partial charge is 0.415 e. The molecule has 0 spiro atoms. The zero-order valence-electron chi connectivity index (χ0n) is 20.8. The van der Waals surface area contributed by atoms with E-state index < -0.39 is 23.9 Å². The fourth-order valence-electron chi connectivity index (χ4n) is 3.80. The van der Waals surface area contributed by atoms with Crippen LogP contribution in [0.2, 0.25) is 0 Å². The molecule has 2 aliphatic rings. The maximum Gasteiger partial charge on any atom is 0.415 e. The lowest BCUT2D eigenvalue weighted by Crippen LogP contribution is -2.39. The Balaban J connectivity index is 1.43. The van der Waals surface area contributed by atoms with Gasteiger partial charge in [0.2, 0.25) is 0 Å². The molecule has 11 heteroatoms. The van der Waals surface area contributed by atoms with Gasteiger partial charge >= 0.3 is 12.2 Å². The number of hydrogen-bond acceptors (Lipinski definition) is 8. The molecule has 1 aromatic heterocycles. The minimum Gasteiger partial charge on any atom is -0.497 e. The Morgan fingerprint density at radius 1 is 1.17 bits per heavy atom. The van der Waals surface area contributed by atoms with Crippen molar-refractivity contribution in [3.63, 3.8) is 0 Å². The van der Waals surface area contributed by atoms with E-state index >= 15 is 0 Å². The molecular formula is C25H30N4O7. The molecule has 0 bridgehead atoms. The Kier molecular flexibility index (Phi) is 7.18. The van der Waals surface area contributed by atoms with Crippen molar-refractivity contribution in [1.29, 1.82) is 0 Å².